The van der Waals surface area contributed by atoms with Gasteiger partial charge in [0.15, 0.2) is 11.6 Å². The molecule has 94 valence electrons. The van der Waals surface area contributed by atoms with Gasteiger partial charge in [0.2, 0.25) is 0 Å². The highest BCUT2D eigenvalue weighted by Crippen LogP contribution is 2.35. The van der Waals surface area contributed by atoms with Gasteiger partial charge in [0.25, 0.3) is 0 Å². The SMILES string of the molecule is O=C(O)C1CCCc2c(Br)nc(-c3ccco3)n21. The van der Waals surface area contributed by atoms with Crippen LogP contribution in [0.25, 0.3) is 11.6 Å². The summed E-state index contributed by atoms with van der Waals surface area (Å²) in [6.45, 7) is 0. The minimum absolute atomic E-state index is 0.562. The van der Waals surface area contributed by atoms with E-state index in [4.69, 9.17) is 4.42 Å². The molecule has 2 aromatic heterocycles. The molecule has 0 saturated heterocycles. The van der Waals surface area contributed by atoms with Crippen LogP contribution in [0.15, 0.2) is 27.4 Å². The topological polar surface area (TPSA) is 68.3 Å². The number of carbonyl (C=O) groups is 1. The Balaban J connectivity index is 2.20. The maximum atomic E-state index is 11.4. The van der Waals surface area contributed by atoms with E-state index in [9.17, 15) is 9.90 Å². The summed E-state index contributed by atoms with van der Waals surface area (Å²) in [6, 6.07) is 2.99. The van der Waals surface area contributed by atoms with E-state index in [1.165, 1.54) is 0 Å². The molecule has 1 N–H and O–H groups in total. The molecule has 18 heavy (non-hydrogen) atoms. The molecule has 1 aliphatic heterocycles. The first-order chi connectivity index (χ1) is 8.68. The van der Waals surface area contributed by atoms with Gasteiger partial charge in [-0.2, -0.15) is 0 Å². The van der Waals surface area contributed by atoms with Crippen LogP contribution in [-0.2, 0) is 11.2 Å². The monoisotopic (exact) mass is 310 g/mol. The molecule has 0 aromatic carbocycles. The highest BCUT2D eigenvalue weighted by Gasteiger charge is 2.31. The Hall–Kier alpha value is -1.56. The summed E-state index contributed by atoms with van der Waals surface area (Å²) in [4.78, 5) is 15.7. The summed E-state index contributed by atoms with van der Waals surface area (Å²) in [5, 5.41) is 9.32. The second-order valence-corrected chi connectivity index (χ2v) is 5.02. The molecule has 0 radical (unpaired) electrons. The van der Waals surface area contributed by atoms with Gasteiger partial charge < -0.3 is 14.1 Å². The normalized spacial score (nSPS) is 18.6. The Morgan fingerprint density at radius 3 is 3.11 bits per heavy atom. The molecule has 0 fully saturated rings. The number of hydrogen-bond acceptors (Lipinski definition) is 3. The summed E-state index contributed by atoms with van der Waals surface area (Å²) >= 11 is 3.40. The fraction of sp³-hybridized carbons (Fsp3) is 0.333. The summed E-state index contributed by atoms with van der Waals surface area (Å²) in [6.07, 6.45) is 3.87. The lowest BCUT2D eigenvalue weighted by atomic mass is 10.0. The van der Waals surface area contributed by atoms with Crippen molar-refractivity contribution in [2.75, 3.05) is 0 Å². The van der Waals surface area contributed by atoms with Crippen molar-refractivity contribution in [3.63, 3.8) is 0 Å². The third-order valence-corrected chi connectivity index (χ3v) is 3.83. The van der Waals surface area contributed by atoms with Crippen LogP contribution in [0.3, 0.4) is 0 Å². The van der Waals surface area contributed by atoms with Crippen LogP contribution < -0.4 is 0 Å². The molecular weight excluding hydrogens is 300 g/mol. The van der Waals surface area contributed by atoms with Crippen LogP contribution >= 0.6 is 15.9 Å². The Labute approximate surface area is 112 Å². The zero-order chi connectivity index (χ0) is 12.7. The van der Waals surface area contributed by atoms with Crippen LogP contribution in [0.4, 0.5) is 0 Å². The molecule has 0 bridgehead atoms. The number of nitrogens with zero attached hydrogens (tertiary/aromatic N) is 2. The standard InChI is InChI=1S/C12H11BrN2O3/c13-10-7-3-1-4-8(12(16)17)15(7)11(14-10)9-5-2-6-18-9/h2,5-6,8H,1,3-4H2,(H,16,17). The van der Waals surface area contributed by atoms with E-state index in [2.05, 4.69) is 20.9 Å². The number of fused-ring (bicyclic) bond motifs is 1. The molecule has 5 nitrogen and oxygen atoms in total. The molecule has 0 amide bonds. The van der Waals surface area contributed by atoms with Gasteiger partial charge in [-0.15, -0.1) is 0 Å². The van der Waals surface area contributed by atoms with Crippen molar-refractivity contribution in [1.29, 1.82) is 0 Å². The van der Waals surface area contributed by atoms with Gasteiger partial charge in [-0.1, -0.05) is 0 Å². The molecule has 1 unspecified atom stereocenters. The Kier molecular flexibility index (Phi) is 2.74. The van der Waals surface area contributed by atoms with Gasteiger partial charge >= 0.3 is 5.97 Å². The second-order valence-electron chi connectivity index (χ2n) is 4.27. The van der Waals surface area contributed by atoms with Gasteiger partial charge in [-0.3, -0.25) is 0 Å². The first-order valence-corrected chi connectivity index (χ1v) is 6.51. The predicted molar refractivity (Wildman–Crippen MR) is 67.2 cm³/mol. The van der Waals surface area contributed by atoms with Crippen molar-refractivity contribution in [1.82, 2.24) is 9.55 Å². The van der Waals surface area contributed by atoms with E-state index in [0.717, 1.165) is 18.5 Å². The number of aromatic nitrogens is 2. The molecule has 3 heterocycles. The highest BCUT2D eigenvalue weighted by atomic mass is 79.9. The maximum absolute atomic E-state index is 11.4. The molecule has 1 aliphatic rings. The first-order valence-electron chi connectivity index (χ1n) is 5.71. The summed E-state index contributed by atoms with van der Waals surface area (Å²) in [7, 11) is 0. The number of rotatable bonds is 2. The van der Waals surface area contributed by atoms with Crippen molar-refractivity contribution in [2.45, 2.75) is 25.3 Å². The third kappa shape index (κ3) is 1.68. The smallest absolute Gasteiger partial charge is 0.326 e. The van der Waals surface area contributed by atoms with E-state index in [1.54, 1.807) is 23.0 Å². The van der Waals surface area contributed by atoms with Crippen molar-refractivity contribution in [3.8, 4) is 11.6 Å². The number of carboxylic acids is 1. The second kappa shape index (κ2) is 4.28. The summed E-state index contributed by atoms with van der Waals surface area (Å²) in [5.41, 5.74) is 0.931. The lowest BCUT2D eigenvalue weighted by Gasteiger charge is -2.23. The number of imidazole rings is 1. The fourth-order valence-electron chi connectivity index (χ4n) is 2.40. The quantitative estimate of drug-likeness (QED) is 0.926. The highest BCUT2D eigenvalue weighted by molar-refractivity contribution is 9.10. The molecule has 0 saturated carbocycles. The molecule has 1 atom stereocenters. The first kappa shape index (κ1) is 11.5. The number of aliphatic carboxylic acids is 1. The molecule has 3 rings (SSSR count). The van der Waals surface area contributed by atoms with E-state index in [1.807, 2.05) is 0 Å². The van der Waals surface area contributed by atoms with E-state index >= 15 is 0 Å². The lowest BCUT2D eigenvalue weighted by Crippen LogP contribution is -2.25. The van der Waals surface area contributed by atoms with Gasteiger partial charge in [-0.25, -0.2) is 9.78 Å². The van der Waals surface area contributed by atoms with Crippen LogP contribution in [0.1, 0.15) is 24.6 Å². The zero-order valence-electron chi connectivity index (χ0n) is 9.47. The van der Waals surface area contributed by atoms with Crippen molar-refractivity contribution >= 4 is 21.9 Å². The molecule has 0 aliphatic carbocycles. The van der Waals surface area contributed by atoms with Crippen LogP contribution in [-0.4, -0.2) is 20.6 Å². The van der Waals surface area contributed by atoms with Crippen molar-refractivity contribution < 1.29 is 14.3 Å². The van der Waals surface area contributed by atoms with Crippen LogP contribution in [0.2, 0.25) is 0 Å². The molecule has 2 aromatic rings. The lowest BCUT2D eigenvalue weighted by molar-refractivity contribution is -0.141. The number of furan rings is 1. The largest absolute Gasteiger partial charge is 0.480 e. The predicted octanol–water partition coefficient (Wildman–Crippen LogP) is 2.87. The average Bonchev–Trinajstić information content (AvgIpc) is 2.97. The minimum Gasteiger partial charge on any atom is -0.480 e. The minimum atomic E-state index is -0.825. The zero-order valence-corrected chi connectivity index (χ0v) is 11.1. The van der Waals surface area contributed by atoms with Crippen molar-refractivity contribution in [2.24, 2.45) is 0 Å². The van der Waals surface area contributed by atoms with E-state index < -0.39 is 12.0 Å². The molecular formula is C12H11BrN2O3. The van der Waals surface area contributed by atoms with Crippen LogP contribution in [0, 0.1) is 0 Å². The Morgan fingerprint density at radius 1 is 1.61 bits per heavy atom. The van der Waals surface area contributed by atoms with Gasteiger partial charge in [0.05, 0.1) is 12.0 Å². The number of carboxylic acid groups (broad SMARTS) is 1. The van der Waals surface area contributed by atoms with Gasteiger partial charge in [0, 0.05) is 0 Å². The van der Waals surface area contributed by atoms with Crippen molar-refractivity contribution in [3.05, 3.63) is 28.7 Å². The molecule has 6 heteroatoms. The van der Waals surface area contributed by atoms with E-state index in [-0.39, 0.29) is 0 Å². The molecule has 0 spiro atoms. The summed E-state index contributed by atoms with van der Waals surface area (Å²) < 4.78 is 7.81. The fourth-order valence-corrected chi connectivity index (χ4v) is 2.96. The third-order valence-electron chi connectivity index (χ3n) is 3.19. The van der Waals surface area contributed by atoms with Crippen LogP contribution in [0.5, 0.6) is 0 Å². The Morgan fingerprint density at radius 2 is 2.44 bits per heavy atom. The van der Waals surface area contributed by atoms with E-state index in [0.29, 0.717) is 22.6 Å². The summed E-state index contributed by atoms with van der Waals surface area (Å²) in [5.74, 6) is 0.345. The maximum Gasteiger partial charge on any atom is 0.326 e. The van der Waals surface area contributed by atoms with Gasteiger partial charge in [0.1, 0.15) is 10.6 Å². The van der Waals surface area contributed by atoms with Gasteiger partial charge in [-0.05, 0) is 47.3 Å². The average molecular weight is 311 g/mol. The Bertz CT molecular complexity index is 589. The number of halogens is 1. The number of hydrogen-bond donors (Lipinski definition) is 1.